The number of carbonyl (C=O) groups is 1. The first kappa shape index (κ1) is 12.3. The summed E-state index contributed by atoms with van der Waals surface area (Å²) in [4.78, 5) is 12.4. The molecule has 2 N–H and O–H groups in total. The van der Waals surface area contributed by atoms with Gasteiger partial charge in [0.25, 0.3) is 0 Å². The molecule has 7 heteroatoms. The van der Waals surface area contributed by atoms with Crippen molar-refractivity contribution in [3.63, 3.8) is 0 Å². The topological polar surface area (TPSA) is 82.5 Å². The van der Waals surface area contributed by atoms with Crippen LogP contribution in [0.15, 0.2) is 50.4 Å². The molecule has 3 aromatic rings. The molecule has 0 saturated heterocycles. The second kappa shape index (κ2) is 4.80. The fraction of sp³-hybridized carbons (Fsp3) is 0. The molecular weight excluding hydrogens is 333 g/mol. The van der Waals surface area contributed by atoms with Crippen LogP contribution in [-0.4, -0.2) is 30.7 Å². The molecule has 21 heavy (non-hydrogen) atoms. The van der Waals surface area contributed by atoms with Gasteiger partial charge in [-0.25, -0.2) is 0 Å². The number of benzene rings is 2. The minimum absolute atomic E-state index is 0.123. The number of aromatic nitrogens is 2. The van der Waals surface area contributed by atoms with Crippen LogP contribution in [-0.2, 0) is 0 Å². The molecule has 0 fully saturated rings. The Hall–Kier alpha value is -2.50. The molecule has 2 heterocycles. The number of nitrogens with one attached hydrogen (secondary N) is 2. The third kappa shape index (κ3) is 2.03. The quantitative estimate of drug-likeness (QED) is 0.549. The van der Waals surface area contributed by atoms with E-state index in [-0.39, 0.29) is 20.5 Å². The van der Waals surface area contributed by atoms with Crippen molar-refractivity contribution in [2.24, 2.45) is 7.92 Å². The van der Waals surface area contributed by atoms with Crippen molar-refractivity contribution in [1.82, 2.24) is 10.2 Å². The zero-order valence-corrected chi connectivity index (χ0v) is 12.4. The summed E-state index contributed by atoms with van der Waals surface area (Å²) < 4.78 is 8.65. The van der Waals surface area contributed by atoms with E-state index < -0.39 is 0 Å². The van der Waals surface area contributed by atoms with Crippen molar-refractivity contribution in [1.29, 1.82) is 0 Å². The Balaban J connectivity index is 1.71. The Morgan fingerprint density at radius 2 is 2.00 bits per heavy atom. The second-order valence-electron chi connectivity index (χ2n) is 4.51. The van der Waals surface area contributed by atoms with Crippen LogP contribution in [0.5, 0.6) is 0 Å². The molecule has 1 aliphatic heterocycles. The fourth-order valence-corrected chi connectivity index (χ4v) is 3.38. The van der Waals surface area contributed by atoms with Crippen LogP contribution in [0.25, 0.3) is 10.9 Å². The molecule has 4 rings (SSSR count). The molecule has 2 aromatic carbocycles. The Bertz CT molecular complexity index is 939. The van der Waals surface area contributed by atoms with Gasteiger partial charge in [-0.05, 0) is 0 Å². The number of nitrogens with zero attached hydrogens (tertiary/aromatic N) is 3. The Kier molecular flexibility index (Phi) is 2.80. The molecule has 0 unspecified atom stereocenters. The predicted molar refractivity (Wildman–Crippen MR) is 80.4 cm³/mol. The van der Waals surface area contributed by atoms with E-state index in [2.05, 4.69) is 23.4 Å². The van der Waals surface area contributed by atoms with Gasteiger partial charge in [-0.1, -0.05) is 0 Å². The normalized spacial score (nSPS) is 12.2. The summed E-state index contributed by atoms with van der Waals surface area (Å²) in [5.41, 5.74) is 3.48. The Morgan fingerprint density at radius 3 is 2.95 bits per heavy atom. The Morgan fingerprint density at radius 1 is 1.10 bits per heavy atom. The van der Waals surface area contributed by atoms with Gasteiger partial charge in [0, 0.05) is 0 Å². The first-order valence-electron chi connectivity index (χ1n) is 6.29. The van der Waals surface area contributed by atoms with Crippen molar-refractivity contribution in [2.75, 3.05) is 5.32 Å². The van der Waals surface area contributed by atoms with E-state index in [1.54, 1.807) is 0 Å². The number of para-hydroxylation sites is 1. The van der Waals surface area contributed by atoms with Gasteiger partial charge in [-0.3, -0.25) is 0 Å². The number of fused-ring (bicyclic) bond motifs is 2. The Labute approximate surface area is 125 Å². The molecule has 1 amide bonds. The van der Waals surface area contributed by atoms with Gasteiger partial charge < -0.3 is 0 Å². The average Bonchev–Trinajstić information content (AvgIpc) is 3.14. The molecule has 1 aliphatic rings. The van der Waals surface area contributed by atoms with Gasteiger partial charge >= 0.3 is 125 Å². The first-order valence-corrected chi connectivity index (χ1v) is 7.82. The average molecular weight is 342 g/mol. The number of carbonyl (C=O) groups excluding carboxylic acids is 1. The van der Waals surface area contributed by atoms with E-state index in [0.717, 1.165) is 22.3 Å². The van der Waals surface area contributed by atoms with Crippen molar-refractivity contribution in [3.8, 4) is 0 Å². The molecule has 0 bridgehead atoms. The summed E-state index contributed by atoms with van der Waals surface area (Å²) in [5.74, 6) is -0.254. The van der Waals surface area contributed by atoms with Crippen molar-refractivity contribution >= 4 is 48.4 Å². The van der Waals surface area contributed by atoms with Gasteiger partial charge in [-0.2, -0.15) is 0 Å². The van der Waals surface area contributed by atoms with Crippen LogP contribution in [0.4, 0.5) is 17.1 Å². The predicted octanol–water partition coefficient (Wildman–Crippen LogP) is 3.16. The second-order valence-corrected chi connectivity index (χ2v) is 5.62. The maximum atomic E-state index is 12.4. The van der Waals surface area contributed by atoms with Crippen molar-refractivity contribution in [3.05, 3.63) is 48.2 Å². The molecule has 0 spiro atoms. The van der Waals surface area contributed by atoms with Crippen LogP contribution in [0.1, 0.15) is 10.5 Å². The molecule has 102 valence electrons. The van der Waals surface area contributed by atoms with Crippen LogP contribution < -0.4 is 5.32 Å². The number of rotatable bonds is 2. The van der Waals surface area contributed by atoms with Crippen LogP contribution in [0.2, 0.25) is 0 Å². The van der Waals surface area contributed by atoms with E-state index in [4.69, 9.17) is 0 Å². The molecule has 6 nitrogen and oxygen atoms in total. The van der Waals surface area contributed by atoms with Gasteiger partial charge in [0.2, 0.25) is 0 Å². The molecule has 1 aromatic heterocycles. The van der Waals surface area contributed by atoms with E-state index in [1.807, 2.05) is 42.5 Å². The summed E-state index contributed by atoms with van der Waals surface area (Å²) in [7, 11) is 0. The van der Waals surface area contributed by atoms with Gasteiger partial charge in [0.15, 0.2) is 0 Å². The number of hydrogen-bond acceptors (Lipinski definition) is 4. The van der Waals surface area contributed by atoms with Gasteiger partial charge in [0.1, 0.15) is 0 Å². The maximum absolute atomic E-state index is 12.4. The minimum atomic E-state index is -0.254. The van der Waals surface area contributed by atoms with Crippen LogP contribution >= 0.6 is 0 Å². The van der Waals surface area contributed by atoms with Crippen molar-refractivity contribution in [2.45, 2.75) is 0 Å². The summed E-state index contributed by atoms with van der Waals surface area (Å²) in [6, 6.07) is 13.1. The molecule has 0 aliphatic carbocycles. The van der Waals surface area contributed by atoms with Crippen LogP contribution in [0.3, 0.4) is 0 Å². The van der Waals surface area contributed by atoms with E-state index >= 15 is 0 Å². The first-order chi connectivity index (χ1) is 10.3. The molecule has 0 atom stereocenters. The number of aromatic amines is 1. The number of H-pyrrole nitrogens is 1. The SMILES string of the molecule is O=C(Nc1cccc2c1N=[Se]=N2)c1n[nH]c2ccccc12. The van der Waals surface area contributed by atoms with E-state index in [0.29, 0.717) is 11.4 Å². The summed E-state index contributed by atoms with van der Waals surface area (Å²) in [5, 5.41) is 10.6. The number of anilines is 1. The molecular formula is C14H9N5OSe. The zero-order chi connectivity index (χ0) is 14.2. The molecule has 0 radical (unpaired) electrons. The monoisotopic (exact) mass is 343 g/mol. The van der Waals surface area contributed by atoms with Crippen LogP contribution in [0, 0.1) is 0 Å². The summed E-state index contributed by atoms with van der Waals surface area (Å²) >= 11 is -0.123. The standard InChI is InChI=1S/C14H9N5OSe/c20-14(12-8-4-1-2-5-9(8)16-17-12)15-10-6-3-7-11-13(10)19-21-18-11/h1-7H,(H,15,20)(H,16,17). The zero-order valence-electron chi connectivity index (χ0n) is 10.7. The van der Waals surface area contributed by atoms with Crippen molar-refractivity contribution < 1.29 is 4.79 Å². The van der Waals surface area contributed by atoms with Gasteiger partial charge in [0.05, 0.1) is 0 Å². The molecule has 0 saturated carbocycles. The fourth-order valence-electron chi connectivity index (χ4n) is 2.23. The number of amides is 1. The van der Waals surface area contributed by atoms with E-state index in [9.17, 15) is 4.79 Å². The summed E-state index contributed by atoms with van der Waals surface area (Å²) in [6.07, 6.45) is 0. The number of hydrogen-bond donors (Lipinski definition) is 2. The van der Waals surface area contributed by atoms with Gasteiger partial charge in [-0.15, -0.1) is 0 Å². The third-order valence-corrected chi connectivity index (χ3v) is 4.36. The summed E-state index contributed by atoms with van der Waals surface area (Å²) in [6.45, 7) is 0. The third-order valence-electron chi connectivity index (χ3n) is 3.22. The van der Waals surface area contributed by atoms with E-state index in [1.165, 1.54) is 0 Å².